The minimum atomic E-state index is 0.107. The quantitative estimate of drug-likeness (QED) is 0.359. The molecule has 0 unspecified atom stereocenters. The predicted molar refractivity (Wildman–Crippen MR) is 149 cm³/mol. The summed E-state index contributed by atoms with van der Waals surface area (Å²) in [7, 11) is 0. The van der Waals surface area contributed by atoms with Crippen molar-refractivity contribution in [3.8, 4) is 0 Å². The molecule has 2 aromatic carbocycles. The number of benzene rings is 2. The Bertz CT molecular complexity index is 1560. The van der Waals surface area contributed by atoms with Crippen LogP contribution in [0.25, 0.3) is 33.1 Å². The average Bonchev–Trinajstić information content (AvgIpc) is 3.54. The lowest BCUT2D eigenvalue weighted by atomic mass is 10.1. The van der Waals surface area contributed by atoms with Gasteiger partial charge in [0, 0.05) is 43.3 Å². The smallest absolute Gasteiger partial charge is 0.269 e. The molecular formula is C27H30N3OS3+. The highest BCUT2D eigenvalue weighted by Crippen LogP contribution is 2.30. The molecule has 0 N–H and O–H groups in total. The SMILES string of the molecule is CCC[n+]1c(/C=c2\s/c(=C\C=C3/SCCN3CC)c(=O)n2CC)sc2c3ccccc3ccc21. The Balaban J connectivity index is 1.68. The minimum absolute atomic E-state index is 0.107. The molecule has 0 amide bonds. The zero-order valence-electron chi connectivity index (χ0n) is 19.9. The molecule has 0 atom stereocenters. The second kappa shape index (κ2) is 10.1. The number of aryl methyl sites for hydroxylation is 1. The van der Waals surface area contributed by atoms with Crippen LogP contribution in [0.2, 0.25) is 0 Å². The number of rotatable bonds is 6. The summed E-state index contributed by atoms with van der Waals surface area (Å²) in [5, 5.41) is 5.03. The van der Waals surface area contributed by atoms with Gasteiger partial charge in [-0.1, -0.05) is 42.5 Å². The molecular weight excluding hydrogens is 479 g/mol. The third kappa shape index (κ3) is 4.25. The molecule has 34 heavy (non-hydrogen) atoms. The number of allylic oxidation sites excluding steroid dienone is 1. The largest absolute Gasteiger partial charge is 0.366 e. The number of hydrogen-bond donors (Lipinski definition) is 0. The normalized spacial score (nSPS) is 16.7. The number of fused-ring (bicyclic) bond motifs is 3. The molecule has 0 radical (unpaired) electrons. The summed E-state index contributed by atoms with van der Waals surface area (Å²) < 4.78 is 7.46. The van der Waals surface area contributed by atoms with Crippen LogP contribution >= 0.6 is 34.4 Å². The molecule has 0 spiro atoms. The van der Waals surface area contributed by atoms with E-state index in [9.17, 15) is 4.79 Å². The molecule has 2 aromatic heterocycles. The van der Waals surface area contributed by atoms with Crippen molar-refractivity contribution < 1.29 is 4.57 Å². The second-order valence-electron chi connectivity index (χ2n) is 8.32. The van der Waals surface area contributed by atoms with E-state index in [4.69, 9.17) is 0 Å². The van der Waals surface area contributed by atoms with Gasteiger partial charge in [0.05, 0.1) is 15.6 Å². The molecule has 7 heteroatoms. The number of hydrogen-bond acceptors (Lipinski definition) is 5. The zero-order valence-corrected chi connectivity index (χ0v) is 22.4. The number of thioether (sulfide) groups is 1. The van der Waals surface area contributed by atoms with E-state index in [1.165, 1.54) is 31.0 Å². The third-order valence-corrected chi connectivity index (χ3v) is 9.59. The van der Waals surface area contributed by atoms with E-state index in [-0.39, 0.29) is 5.56 Å². The Morgan fingerprint density at radius 3 is 2.68 bits per heavy atom. The van der Waals surface area contributed by atoms with Gasteiger partial charge < -0.3 is 4.90 Å². The van der Waals surface area contributed by atoms with Gasteiger partial charge in [-0.05, 0) is 37.5 Å². The van der Waals surface area contributed by atoms with Crippen LogP contribution in [-0.2, 0) is 13.1 Å². The Morgan fingerprint density at radius 1 is 1.03 bits per heavy atom. The topological polar surface area (TPSA) is 29.1 Å². The van der Waals surface area contributed by atoms with Crippen molar-refractivity contribution in [2.75, 3.05) is 18.8 Å². The standard InChI is InChI=1S/C27H30N3OS3/c1-4-15-30-21-12-11-19-9-7-8-10-20(19)26(21)34-25(30)18-24-29(6-3)27(31)22(33-24)13-14-23-28(5-2)16-17-32-23/h7-14,18H,4-6,15-17H2,1-3H3/q+1/b22-13-,23-14-. The molecule has 3 heterocycles. The minimum Gasteiger partial charge on any atom is -0.366 e. The highest BCUT2D eigenvalue weighted by molar-refractivity contribution is 8.03. The van der Waals surface area contributed by atoms with Crippen molar-refractivity contribution in [2.45, 2.75) is 40.3 Å². The summed E-state index contributed by atoms with van der Waals surface area (Å²) in [6.45, 7) is 10.2. The Labute approximate surface area is 212 Å². The Morgan fingerprint density at radius 2 is 1.88 bits per heavy atom. The first-order valence-electron chi connectivity index (χ1n) is 12.0. The average molecular weight is 509 g/mol. The van der Waals surface area contributed by atoms with E-state index in [2.05, 4.69) is 78.8 Å². The Kier molecular flexibility index (Phi) is 6.95. The first-order chi connectivity index (χ1) is 16.6. The molecule has 0 saturated carbocycles. The van der Waals surface area contributed by atoms with Gasteiger partial charge in [0.25, 0.3) is 10.6 Å². The third-order valence-electron chi connectivity index (χ3n) is 6.25. The van der Waals surface area contributed by atoms with Gasteiger partial charge in [0.15, 0.2) is 0 Å². The number of aromatic nitrogens is 2. The molecule has 1 aliphatic heterocycles. The lowest BCUT2D eigenvalue weighted by Gasteiger charge is -2.14. The monoisotopic (exact) mass is 508 g/mol. The van der Waals surface area contributed by atoms with Crippen LogP contribution < -0.4 is 19.3 Å². The van der Waals surface area contributed by atoms with E-state index >= 15 is 0 Å². The first-order valence-corrected chi connectivity index (χ1v) is 14.6. The van der Waals surface area contributed by atoms with Crippen LogP contribution in [0, 0.1) is 0 Å². The van der Waals surface area contributed by atoms with Crippen molar-refractivity contribution in [3.05, 3.63) is 72.1 Å². The van der Waals surface area contributed by atoms with Crippen molar-refractivity contribution >= 4 is 67.6 Å². The molecule has 4 nitrogen and oxygen atoms in total. The molecule has 176 valence electrons. The maximum absolute atomic E-state index is 13.2. The van der Waals surface area contributed by atoms with Gasteiger partial charge in [0.1, 0.15) is 15.9 Å². The van der Waals surface area contributed by atoms with Crippen LogP contribution in [0.1, 0.15) is 32.2 Å². The van der Waals surface area contributed by atoms with E-state index in [0.29, 0.717) is 6.54 Å². The van der Waals surface area contributed by atoms with E-state index in [1.54, 1.807) is 11.3 Å². The maximum Gasteiger partial charge on any atom is 0.269 e. The van der Waals surface area contributed by atoms with Crippen LogP contribution in [-0.4, -0.2) is 28.3 Å². The summed E-state index contributed by atoms with van der Waals surface area (Å²) in [6.07, 6.45) is 7.43. The second-order valence-corrected chi connectivity index (χ2v) is 11.5. The van der Waals surface area contributed by atoms with Crippen LogP contribution in [0.5, 0.6) is 0 Å². The van der Waals surface area contributed by atoms with Crippen molar-refractivity contribution in [2.24, 2.45) is 0 Å². The van der Waals surface area contributed by atoms with Gasteiger partial charge in [-0.2, -0.15) is 4.57 Å². The van der Waals surface area contributed by atoms with Gasteiger partial charge in [-0.25, -0.2) is 0 Å². The van der Waals surface area contributed by atoms with Gasteiger partial charge in [-0.15, -0.1) is 23.1 Å². The van der Waals surface area contributed by atoms with E-state index < -0.39 is 0 Å². The molecule has 1 saturated heterocycles. The van der Waals surface area contributed by atoms with Crippen LogP contribution in [0.4, 0.5) is 0 Å². The van der Waals surface area contributed by atoms with Crippen molar-refractivity contribution in [1.82, 2.24) is 9.47 Å². The molecule has 0 aliphatic carbocycles. The van der Waals surface area contributed by atoms with Gasteiger partial charge in [0.2, 0.25) is 5.52 Å². The van der Waals surface area contributed by atoms with Crippen LogP contribution in [0.3, 0.4) is 0 Å². The van der Waals surface area contributed by atoms with Crippen LogP contribution in [0.15, 0.2) is 52.3 Å². The number of nitrogens with zero attached hydrogens (tertiary/aromatic N) is 3. The fraction of sp³-hybridized carbons (Fsp3) is 0.333. The van der Waals surface area contributed by atoms with Gasteiger partial charge >= 0.3 is 0 Å². The molecule has 1 aliphatic rings. The molecule has 1 fully saturated rings. The van der Waals surface area contributed by atoms with Gasteiger partial charge in [-0.3, -0.25) is 9.36 Å². The predicted octanol–water partition coefficient (Wildman–Crippen LogP) is 4.51. The molecule has 0 bridgehead atoms. The van der Waals surface area contributed by atoms with Crippen molar-refractivity contribution in [1.29, 1.82) is 0 Å². The highest BCUT2D eigenvalue weighted by Gasteiger charge is 2.20. The van der Waals surface area contributed by atoms with Crippen molar-refractivity contribution in [3.63, 3.8) is 0 Å². The summed E-state index contributed by atoms with van der Waals surface area (Å²) in [6, 6.07) is 13.1. The summed E-state index contributed by atoms with van der Waals surface area (Å²) >= 11 is 5.30. The first kappa shape index (κ1) is 23.4. The number of thiazole rings is 2. The molecule has 5 rings (SSSR count). The maximum atomic E-state index is 13.2. The summed E-state index contributed by atoms with van der Waals surface area (Å²) in [4.78, 5) is 15.6. The fourth-order valence-corrected chi connectivity index (χ4v) is 8.00. The van der Waals surface area contributed by atoms with E-state index in [1.807, 2.05) is 33.7 Å². The fourth-order valence-electron chi connectivity index (χ4n) is 4.53. The Hall–Kier alpha value is -2.35. The highest BCUT2D eigenvalue weighted by atomic mass is 32.2. The summed E-state index contributed by atoms with van der Waals surface area (Å²) in [5.74, 6) is 1.12. The zero-order chi connectivity index (χ0) is 23.7. The lowest BCUT2D eigenvalue weighted by molar-refractivity contribution is -0.668. The molecule has 4 aromatic rings. The van der Waals surface area contributed by atoms with E-state index in [0.717, 1.165) is 41.0 Å². The lowest BCUT2D eigenvalue weighted by Crippen LogP contribution is -2.36. The summed E-state index contributed by atoms with van der Waals surface area (Å²) in [5.41, 5.74) is 1.38.